The molecule has 0 saturated carbocycles. The maximum atomic E-state index is 12.7. The smallest absolute Gasteiger partial charge is 0.291 e. The van der Waals surface area contributed by atoms with E-state index in [1.54, 1.807) is 41.5 Å². The first-order valence-corrected chi connectivity index (χ1v) is 11.3. The van der Waals surface area contributed by atoms with E-state index < -0.39 is 0 Å². The molecule has 0 atom stereocenters. The van der Waals surface area contributed by atoms with Crippen LogP contribution in [0.2, 0.25) is 0 Å². The maximum absolute atomic E-state index is 12.7. The Morgan fingerprint density at radius 2 is 1.76 bits per heavy atom. The third-order valence-corrected chi connectivity index (χ3v) is 6.37. The van der Waals surface area contributed by atoms with Gasteiger partial charge >= 0.3 is 0 Å². The van der Waals surface area contributed by atoms with Crippen LogP contribution in [0, 0.1) is 0 Å². The van der Waals surface area contributed by atoms with Crippen LogP contribution in [0.15, 0.2) is 83.3 Å². The fourth-order valence-electron chi connectivity index (χ4n) is 3.58. The lowest BCUT2D eigenvalue weighted by Gasteiger charge is -2.15. The van der Waals surface area contributed by atoms with Crippen molar-refractivity contribution in [3.8, 4) is 0 Å². The van der Waals surface area contributed by atoms with Crippen LogP contribution in [-0.4, -0.2) is 28.7 Å². The van der Waals surface area contributed by atoms with E-state index in [1.807, 2.05) is 60.7 Å². The van der Waals surface area contributed by atoms with E-state index in [-0.39, 0.29) is 24.0 Å². The highest BCUT2D eigenvalue weighted by Gasteiger charge is 2.14. The Labute approximate surface area is 194 Å². The minimum Gasteiger partial charge on any atom is -0.451 e. The van der Waals surface area contributed by atoms with Crippen molar-refractivity contribution in [2.24, 2.45) is 0 Å². The highest BCUT2D eigenvalue weighted by molar-refractivity contribution is 7.18. The van der Waals surface area contributed by atoms with E-state index in [9.17, 15) is 9.59 Å². The topological polar surface area (TPSA) is 75.4 Å². The Morgan fingerprint density at radius 3 is 2.55 bits per heavy atom. The zero-order valence-electron chi connectivity index (χ0n) is 17.9. The molecule has 5 rings (SSSR count). The van der Waals surface area contributed by atoms with E-state index in [1.165, 1.54) is 0 Å². The third kappa shape index (κ3) is 4.63. The van der Waals surface area contributed by atoms with Gasteiger partial charge in [0.2, 0.25) is 5.91 Å². The lowest BCUT2D eigenvalue weighted by molar-refractivity contribution is -0.129. The third-order valence-electron chi connectivity index (χ3n) is 5.35. The molecule has 0 spiro atoms. The Bertz CT molecular complexity index is 1390. The zero-order valence-corrected chi connectivity index (χ0v) is 18.8. The van der Waals surface area contributed by atoms with E-state index in [0.29, 0.717) is 17.8 Å². The SMILES string of the molecule is CN(Cc1nc2ccccc2s1)C(=O)Cc1ccc(NC(=O)c2cc3ccccc3o2)cc1. The van der Waals surface area contributed by atoms with E-state index in [4.69, 9.17) is 4.42 Å². The summed E-state index contributed by atoms with van der Waals surface area (Å²) < 4.78 is 6.73. The highest BCUT2D eigenvalue weighted by Crippen LogP contribution is 2.23. The summed E-state index contributed by atoms with van der Waals surface area (Å²) in [6.45, 7) is 0.476. The average molecular weight is 456 g/mol. The van der Waals surface area contributed by atoms with Crippen LogP contribution in [0.25, 0.3) is 21.2 Å². The largest absolute Gasteiger partial charge is 0.451 e. The number of carbonyl (C=O) groups excluding carboxylic acids is 2. The molecular formula is C26H21N3O3S. The van der Waals surface area contributed by atoms with Crippen molar-refractivity contribution < 1.29 is 14.0 Å². The lowest BCUT2D eigenvalue weighted by atomic mass is 10.1. The summed E-state index contributed by atoms with van der Waals surface area (Å²) in [5.74, 6) is -0.0501. The van der Waals surface area contributed by atoms with Gasteiger partial charge in [0.25, 0.3) is 5.91 Å². The molecule has 0 bridgehead atoms. The molecular weight excluding hydrogens is 434 g/mol. The van der Waals surface area contributed by atoms with Gasteiger partial charge in [-0.05, 0) is 42.0 Å². The number of nitrogens with one attached hydrogen (secondary N) is 1. The van der Waals surface area contributed by atoms with E-state index in [2.05, 4.69) is 10.3 Å². The van der Waals surface area contributed by atoms with Gasteiger partial charge in [-0.3, -0.25) is 9.59 Å². The molecule has 0 radical (unpaired) electrons. The summed E-state index contributed by atoms with van der Waals surface area (Å²) in [6, 6.07) is 24.4. The predicted molar refractivity (Wildman–Crippen MR) is 130 cm³/mol. The predicted octanol–water partition coefficient (Wildman–Crippen LogP) is 5.50. The number of anilines is 1. The van der Waals surface area contributed by atoms with Crippen molar-refractivity contribution in [2.45, 2.75) is 13.0 Å². The molecule has 0 saturated heterocycles. The number of para-hydroxylation sites is 2. The number of benzene rings is 3. The molecule has 3 aromatic carbocycles. The molecule has 0 aliphatic carbocycles. The van der Waals surface area contributed by atoms with Gasteiger partial charge in [-0.2, -0.15) is 0 Å². The molecule has 2 heterocycles. The number of fused-ring (bicyclic) bond motifs is 2. The lowest BCUT2D eigenvalue weighted by Crippen LogP contribution is -2.27. The summed E-state index contributed by atoms with van der Waals surface area (Å²) in [5, 5.41) is 4.63. The number of furan rings is 1. The number of hydrogen-bond acceptors (Lipinski definition) is 5. The maximum Gasteiger partial charge on any atom is 0.291 e. The van der Waals surface area contributed by atoms with Crippen molar-refractivity contribution >= 4 is 50.0 Å². The van der Waals surface area contributed by atoms with E-state index in [0.717, 1.165) is 26.2 Å². The molecule has 33 heavy (non-hydrogen) atoms. The molecule has 5 aromatic rings. The number of amides is 2. The summed E-state index contributed by atoms with van der Waals surface area (Å²) in [6.07, 6.45) is 0.277. The van der Waals surface area contributed by atoms with Gasteiger partial charge in [0.1, 0.15) is 10.6 Å². The van der Waals surface area contributed by atoms with Gasteiger partial charge in [0.05, 0.1) is 23.2 Å². The van der Waals surface area contributed by atoms with Crippen molar-refractivity contribution in [1.29, 1.82) is 0 Å². The first-order valence-electron chi connectivity index (χ1n) is 10.5. The molecule has 0 aliphatic heterocycles. The Kier molecular flexibility index (Phi) is 5.62. The molecule has 6 nitrogen and oxygen atoms in total. The molecule has 164 valence electrons. The number of likely N-dealkylation sites (N-methyl/N-ethyl adjacent to an activating group) is 1. The molecule has 7 heteroatoms. The Balaban J connectivity index is 1.19. The van der Waals surface area contributed by atoms with Crippen molar-refractivity contribution in [2.75, 3.05) is 12.4 Å². The first-order chi connectivity index (χ1) is 16.0. The fraction of sp³-hybridized carbons (Fsp3) is 0.115. The molecule has 2 amide bonds. The minimum absolute atomic E-state index is 0.00770. The minimum atomic E-state index is -0.314. The van der Waals surface area contributed by atoms with Crippen LogP contribution in [0.5, 0.6) is 0 Å². The van der Waals surface area contributed by atoms with Gasteiger partial charge in [-0.15, -0.1) is 11.3 Å². The van der Waals surface area contributed by atoms with Gasteiger partial charge in [-0.25, -0.2) is 4.98 Å². The van der Waals surface area contributed by atoms with Crippen molar-refractivity contribution in [3.05, 3.63) is 95.2 Å². The molecule has 0 unspecified atom stereocenters. The zero-order chi connectivity index (χ0) is 22.8. The summed E-state index contributed by atoms with van der Waals surface area (Å²) in [4.78, 5) is 31.5. The average Bonchev–Trinajstić information content (AvgIpc) is 3.44. The van der Waals surface area contributed by atoms with Gasteiger partial charge < -0.3 is 14.6 Å². The van der Waals surface area contributed by atoms with Crippen LogP contribution in [-0.2, 0) is 17.8 Å². The van der Waals surface area contributed by atoms with Crippen LogP contribution < -0.4 is 5.32 Å². The van der Waals surface area contributed by atoms with Crippen LogP contribution >= 0.6 is 11.3 Å². The monoisotopic (exact) mass is 455 g/mol. The van der Waals surface area contributed by atoms with Crippen molar-refractivity contribution in [3.63, 3.8) is 0 Å². The number of hydrogen-bond donors (Lipinski definition) is 1. The summed E-state index contributed by atoms with van der Waals surface area (Å²) in [5.41, 5.74) is 3.14. The quantitative estimate of drug-likeness (QED) is 0.367. The number of carbonyl (C=O) groups is 2. The van der Waals surface area contributed by atoms with E-state index >= 15 is 0 Å². The number of nitrogens with zero attached hydrogens (tertiary/aromatic N) is 2. The van der Waals surface area contributed by atoms with Crippen LogP contribution in [0.1, 0.15) is 21.1 Å². The molecule has 1 N–H and O–H groups in total. The van der Waals surface area contributed by atoms with Crippen LogP contribution in [0.4, 0.5) is 5.69 Å². The second-order valence-corrected chi connectivity index (χ2v) is 8.92. The van der Waals surface area contributed by atoms with Crippen LogP contribution in [0.3, 0.4) is 0 Å². The molecule has 2 aromatic heterocycles. The normalized spacial score (nSPS) is 11.1. The number of aromatic nitrogens is 1. The summed E-state index contributed by atoms with van der Waals surface area (Å²) in [7, 11) is 1.79. The van der Waals surface area contributed by atoms with Crippen molar-refractivity contribution in [1.82, 2.24) is 9.88 Å². The standard InChI is InChI=1S/C26H21N3O3S/c1-29(16-24-28-20-7-3-5-9-23(20)33-24)25(30)14-17-10-12-19(13-11-17)27-26(31)22-15-18-6-2-4-8-21(18)32-22/h2-13,15H,14,16H2,1H3,(H,27,31). The molecule has 0 aliphatic rings. The number of rotatable bonds is 6. The van der Waals surface area contributed by atoms with Gasteiger partial charge in [0.15, 0.2) is 5.76 Å². The van der Waals surface area contributed by atoms with Gasteiger partial charge in [0, 0.05) is 18.1 Å². The fourth-order valence-corrected chi connectivity index (χ4v) is 4.60. The highest BCUT2D eigenvalue weighted by atomic mass is 32.1. The second kappa shape index (κ2) is 8.88. The second-order valence-electron chi connectivity index (χ2n) is 7.80. The number of thiazole rings is 1. The summed E-state index contributed by atoms with van der Waals surface area (Å²) >= 11 is 1.60. The Morgan fingerprint density at radius 1 is 1.00 bits per heavy atom. The first kappa shape index (κ1) is 20.9. The Hall–Kier alpha value is -3.97. The van der Waals surface area contributed by atoms with Gasteiger partial charge in [-0.1, -0.05) is 42.5 Å². The molecule has 0 fully saturated rings.